The lowest BCUT2D eigenvalue weighted by molar-refractivity contribution is -0.921. The summed E-state index contributed by atoms with van der Waals surface area (Å²) < 4.78 is 24.3. The molecule has 1 amide bonds. The summed E-state index contributed by atoms with van der Waals surface area (Å²) in [5, 5.41) is 2.61. The molecule has 1 fully saturated rings. The van der Waals surface area contributed by atoms with Crippen molar-refractivity contribution in [3.05, 3.63) is 64.4 Å². The Labute approximate surface area is 173 Å². The lowest BCUT2D eigenvalue weighted by Crippen LogP contribution is -3.12. The van der Waals surface area contributed by atoms with E-state index in [9.17, 15) is 14.0 Å². The maximum Gasteiger partial charge on any atom is 0.338 e. The third-order valence-corrected chi connectivity index (χ3v) is 4.92. The van der Waals surface area contributed by atoms with Crippen molar-refractivity contribution in [1.82, 2.24) is 0 Å². The summed E-state index contributed by atoms with van der Waals surface area (Å²) in [7, 11) is 0. The van der Waals surface area contributed by atoms with Gasteiger partial charge in [-0.3, -0.25) is 4.79 Å². The zero-order valence-corrected chi connectivity index (χ0v) is 16.8. The minimum Gasteiger partial charge on any atom is -0.449 e. The molecule has 0 unspecified atom stereocenters. The number of morpholine rings is 1. The van der Waals surface area contributed by atoms with Gasteiger partial charge in [0.25, 0.3) is 5.91 Å². The average molecular weight is 422 g/mol. The summed E-state index contributed by atoms with van der Waals surface area (Å²) in [6, 6.07) is 11.0. The van der Waals surface area contributed by atoms with E-state index in [1.165, 1.54) is 24.0 Å². The molecular weight excluding hydrogens is 399 g/mol. The number of quaternary nitrogens is 1. The fourth-order valence-corrected chi connectivity index (χ4v) is 3.15. The number of benzene rings is 2. The van der Waals surface area contributed by atoms with Crippen LogP contribution in [0.4, 0.5) is 10.1 Å². The van der Waals surface area contributed by atoms with Gasteiger partial charge in [0.1, 0.15) is 25.5 Å². The molecular formula is C21H23ClFN2O4+. The Kier molecular flexibility index (Phi) is 7.19. The third-order valence-electron chi connectivity index (χ3n) is 4.69. The van der Waals surface area contributed by atoms with Crippen LogP contribution in [0.15, 0.2) is 42.5 Å². The number of carbonyl (C=O) groups is 2. The summed E-state index contributed by atoms with van der Waals surface area (Å²) in [5.74, 6) is -1.91. The molecule has 29 heavy (non-hydrogen) atoms. The molecule has 0 aromatic heterocycles. The highest BCUT2D eigenvalue weighted by Crippen LogP contribution is 2.19. The number of halogens is 2. The molecule has 1 aliphatic rings. The second kappa shape index (κ2) is 9.82. The molecule has 1 heterocycles. The number of hydrogen-bond acceptors (Lipinski definition) is 4. The fraction of sp³-hybridized carbons (Fsp3) is 0.333. The van der Waals surface area contributed by atoms with E-state index in [0.717, 1.165) is 44.5 Å². The lowest BCUT2D eigenvalue weighted by Gasteiger charge is -2.23. The molecule has 0 saturated carbocycles. The number of hydrogen-bond donors (Lipinski definition) is 2. The first-order chi connectivity index (χ1) is 13.9. The fourth-order valence-electron chi connectivity index (χ4n) is 2.99. The third kappa shape index (κ3) is 6.00. The average Bonchev–Trinajstić information content (AvgIpc) is 2.71. The van der Waals surface area contributed by atoms with Crippen LogP contribution in [-0.2, 0) is 20.8 Å². The number of esters is 1. The molecule has 2 N–H and O–H groups in total. The van der Waals surface area contributed by atoms with Crippen molar-refractivity contribution in [1.29, 1.82) is 0 Å². The molecule has 8 heteroatoms. The zero-order chi connectivity index (χ0) is 20.8. The topological polar surface area (TPSA) is 69.1 Å². The second-order valence-corrected chi connectivity index (χ2v) is 7.33. The number of rotatable bonds is 6. The minimum atomic E-state index is -1.09. The molecule has 6 nitrogen and oxygen atoms in total. The Hall–Kier alpha value is -2.48. The van der Waals surface area contributed by atoms with Gasteiger partial charge >= 0.3 is 5.97 Å². The zero-order valence-electron chi connectivity index (χ0n) is 16.0. The Balaban J connectivity index is 1.53. The van der Waals surface area contributed by atoms with Crippen molar-refractivity contribution in [2.75, 3.05) is 31.6 Å². The van der Waals surface area contributed by atoms with Gasteiger partial charge in [0.15, 0.2) is 6.10 Å². The summed E-state index contributed by atoms with van der Waals surface area (Å²) in [6.45, 7) is 5.75. The molecule has 1 saturated heterocycles. The number of amides is 1. The number of nitrogens with one attached hydrogen (secondary N) is 2. The van der Waals surface area contributed by atoms with Crippen LogP contribution >= 0.6 is 11.6 Å². The smallest absolute Gasteiger partial charge is 0.338 e. The number of anilines is 1. The Morgan fingerprint density at radius 1 is 1.21 bits per heavy atom. The lowest BCUT2D eigenvalue weighted by atomic mass is 10.1. The van der Waals surface area contributed by atoms with E-state index in [2.05, 4.69) is 5.32 Å². The van der Waals surface area contributed by atoms with Gasteiger partial charge in [-0.2, -0.15) is 0 Å². The van der Waals surface area contributed by atoms with E-state index in [4.69, 9.17) is 21.1 Å². The highest BCUT2D eigenvalue weighted by Gasteiger charge is 2.20. The van der Waals surface area contributed by atoms with Gasteiger partial charge in [0, 0.05) is 10.6 Å². The van der Waals surface area contributed by atoms with E-state index in [1.54, 1.807) is 12.1 Å². The quantitative estimate of drug-likeness (QED) is 0.701. The molecule has 1 atom stereocenters. The summed E-state index contributed by atoms with van der Waals surface area (Å²) in [5.41, 5.74) is 1.43. The molecule has 1 aliphatic heterocycles. The van der Waals surface area contributed by atoms with Crippen LogP contribution in [0.25, 0.3) is 0 Å². The number of ether oxygens (including phenoxy) is 2. The highest BCUT2D eigenvalue weighted by molar-refractivity contribution is 6.30. The van der Waals surface area contributed by atoms with Gasteiger partial charge < -0.3 is 19.7 Å². The second-order valence-electron chi connectivity index (χ2n) is 6.90. The van der Waals surface area contributed by atoms with Gasteiger partial charge in [-0.05, 0) is 37.3 Å². The van der Waals surface area contributed by atoms with Gasteiger partial charge in [-0.15, -0.1) is 0 Å². The van der Waals surface area contributed by atoms with Crippen molar-refractivity contribution in [2.24, 2.45) is 0 Å². The van der Waals surface area contributed by atoms with E-state index < -0.39 is 23.8 Å². The van der Waals surface area contributed by atoms with Crippen LogP contribution in [0.2, 0.25) is 5.02 Å². The van der Waals surface area contributed by atoms with Crippen molar-refractivity contribution >= 4 is 29.2 Å². The van der Waals surface area contributed by atoms with Gasteiger partial charge in [0.05, 0.1) is 24.5 Å². The van der Waals surface area contributed by atoms with Crippen LogP contribution in [0.1, 0.15) is 22.8 Å². The van der Waals surface area contributed by atoms with Crippen molar-refractivity contribution in [2.45, 2.75) is 19.6 Å². The predicted molar refractivity (Wildman–Crippen MR) is 107 cm³/mol. The van der Waals surface area contributed by atoms with Crippen molar-refractivity contribution < 1.29 is 28.4 Å². The molecule has 0 aliphatic carbocycles. The number of carbonyl (C=O) groups excluding carboxylic acids is 2. The van der Waals surface area contributed by atoms with Crippen LogP contribution in [0.5, 0.6) is 0 Å². The molecule has 0 bridgehead atoms. The normalized spacial score (nSPS) is 15.6. The SMILES string of the molecule is C[C@H](OC(=O)c1ccc(C[NH+]2CCOCC2)cc1)C(=O)Nc1ccc(Cl)cc1F. The highest BCUT2D eigenvalue weighted by atomic mass is 35.5. The first-order valence-electron chi connectivity index (χ1n) is 9.39. The van der Waals surface area contributed by atoms with E-state index in [0.29, 0.717) is 5.56 Å². The van der Waals surface area contributed by atoms with Crippen molar-refractivity contribution in [3.63, 3.8) is 0 Å². The van der Waals surface area contributed by atoms with Crippen molar-refractivity contribution in [3.8, 4) is 0 Å². The Morgan fingerprint density at radius 2 is 1.90 bits per heavy atom. The first-order valence-corrected chi connectivity index (χ1v) is 9.77. The Bertz CT molecular complexity index is 869. The summed E-state index contributed by atoms with van der Waals surface area (Å²) in [6.07, 6.45) is -1.09. The standard InChI is InChI=1S/C21H22ClFN2O4/c1-14(20(26)24-19-7-6-17(22)12-18(19)23)29-21(27)16-4-2-15(3-5-16)13-25-8-10-28-11-9-25/h2-7,12,14H,8-11,13H2,1H3,(H,24,26)/p+1/t14-/m0/s1. The molecule has 154 valence electrons. The monoisotopic (exact) mass is 421 g/mol. The molecule has 2 aromatic rings. The maximum atomic E-state index is 13.8. The van der Waals surface area contributed by atoms with E-state index >= 15 is 0 Å². The van der Waals surface area contributed by atoms with Crippen LogP contribution < -0.4 is 10.2 Å². The van der Waals surface area contributed by atoms with E-state index in [-0.39, 0.29) is 10.7 Å². The van der Waals surface area contributed by atoms with Crippen LogP contribution in [0, 0.1) is 5.82 Å². The van der Waals surface area contributed by atoms with E-state index in [1.807, 2.05) is 12.1 Å². The van der Waals surface area contributed by atoms with Gasteiger partial charge in [0.2, 0.25) is 0 Å². The van der Waals surface area contributed by atoms with Gasteiger partial charge in [-0.1, -0.05) is 23.7 Å². The summed E-state index contributed by atoms with van der Waals surface area (Å²) in [4.78, 5) is 25.9. The van der Waals surface area contributed by atoms with Crippen LogP contribution in [-0.4, -0.2) is 44.3 Å². The molecule has 0 radical (unpaired) electrons. The minimum absolute atomic E-state index is 0.0303. The van der Waals surface area contributed by atoms with Crippen LogP contribution in [0.3, 0.4) is 0 Å². The maximum absolute atomic E-state index is 13.8. The largest absolute Gasteiger partial charge is 0.449 e. The first kappa shape index (κ1) is 21.2. The van der Waals surface area contributed by atoms with Gasteiger partial charge in [-0.25, -0.2) is 9.18 Å². The molecule has 0 spiro atoms. The predicted octanol–water partition coefficient (Wildman–Crippen LogP) is 2.08. The molecule has 2 aromatic carbocycles. The molecule has 3 rings (SSSR count). The summed E-state index contributed by atoms with van der Waals surface area (Å²) >= 11 is 5.69. The Morgan fingerprint density at radius 3 is 2.55 bits per heavy atom.